The maximum atomic E-state index is 11.7. The number of aromatic nitrogens is 2. The van der Waals surface area contributed by atoms with Gasteiger partial charge in [0.15, 0.2) is 0 Å². The molecule has 0 unspecified atom stereocenters. The average Bonchev–Trinajstić information content (AvgIpc) is 2.43. The van der Waals surface area contributed by atoms with E-state index in [0.717, 1.165) is 0 Å². The zero-order valence-corrected chi connectivity index (χ0v) is 10.2. The van der Waals surface area contributed by atoms with Crippen molar-refractivity contribution in [2.45, 2.75) is 4.90 Å². The molecule has 0 N–H and O–H groups in total. The van der Waals surface area contributed by atoms with Gasteiger partial charge in [0, 0.05) is 24.8 Å². The van der Waals surface area contributed by atoms with Gasteiger partial charge in [-0.3, -0.25) is 14.2 Å². The lowest BCUT2D eigenvalue weighted by atomic mass is 10.2. The van der Waals surface area contributed by atoms with Crippen molar-refractivity contribution in [3.63, 3.8) is 0 Å². The molecule has 0 aliphatic carbocycles. The van der Waals surface area contributed by atoms with Crippen LogP contribution in [0.5, 0.6) is 0 Å². The summed E-state index contributed by atoms with van der Waals surface area (Å²) in [6, 6.07) is 4.23. The molecule has 1 aromatic heterocycles. The summed E-state index contributed by atoms with van der Waals surface area (Å²) in [7, 11) is 4.74. The van der Waals surface area contributed by atoms with Crippen molar-refractivity contribution in [1.82, 2.24) is 9.36 Å². The highest BCUT2D eigenvalue weighted by molar-refractivity contribution is 8.13. The van der Waals surface area contributed by atoms with Crippen molar-refractivity contribution in [2.24, 2.45) is 14.1 Å². The lowest BCUT2D eigenvalue weighted by molar-refractivity contribution is 0.595. The van der Waals surface area contributed by atoms with Gasteiger partial charge in [-0.15, -0.1) is 0 Å². The fourth-order valence-electron chi connectivity index (χ4n) is 1.59. The monoisotopic (exact) mass is 260 g/mol. The number of hydrogen-bond donors (Lipinski definition) is 0. The average molecular weight is 261 g/mol. The van der Waals surface area contributed by atoms with E-state index in [0.29, 0.717) is 10.9 Å². The topological polar surface area (TPSA) is 61.1 Å². The molecule has 0 aliphatic rings. The Morgan fingerprint density at radius 2 is 1.81 bits per heavy atom. The Bertz CT molecular complexity index is 727. The van der Waals surface area contributed by atoms with Crippen molar-refractivity contribution in [2.75, 3.05) is 0 Å². The zero-order chi connectivity index (χ0) is 12.1. The Hall–Kier alpha value is -1.27. The predicted molar refractivity (Wildman–Crippen MR) is 61.2 cm³/mol. The molecule has 7 heteroatoms. The summed E-state index contributed by atoms with van der Waals surface area (Å²) in [4.78, 5) is 11.7. The third-order valence-corrected chi connectivity index (χ3v) is 3.92. The molecule has 5 nitrogen and oxygen atoms in total. The summed E-state index contributed by atoms with van der Waals surface area (Å²) in [6.07, 6.45) is 0. The molecule has 0 atom stereocenters. The molecule has 0 saturated carbocycles. The molecule has 0 aliphatic heterocycles. The van der Waals surface area contributed by atoms with E-state index in [1.54, 1.807) is 24.8 Å². The second-order valence-corrected chi connectivity index (χ2v) is 6.04. The molecule has 0 amide bonds. The summed E-state index contributed by atoms with van der Waals surface area (Å²) in [5, 5.41) is 0.340. The van der Waals surface area contributed by atoms with Crippen LogP contribution in [0.25, 0.3) is 10.9 Å². The van der Waals surface area contributed by atoms with E-state index in [9.17, 15) is 13.2 Å². The van der Waals surface area contributed by atoms with Gasteiger partial charge in [0.1, 0.15) is 0 Å². The van der Waals surface area contributed by atoms with Gasteiger partial charge in [-0.25, -0.2) is 8.42 Å². The third kappa shape index (κ3) is 1.54. The Morgan fingerprint density at radius 3 is 2.38 bits per heavy atom. The van der Waals surface area contributed by atoms with Crippen LogP contribution in [0.4, 0.5) is 0 Å². The SMILES string of the molecule is Cn1c(=O)c2cc(S(=O)(=O)Cl)ccc2n1C. The molecule has 2 rings (SSSR count). The Kier molecular flexibility index (Phi) is 2.36. The van der Waals surface area contributed by atoms with Crippen LogP contribution >= 0.6 is 10.7 Å². The molecular formula is C9H9ClN2O3S. The van der Waals surface area contributed by atoms with Crippen LogP contribution in [-0.4, -0.2) is 17.8 Å². The normalized spacial score (nSPS) is 12.2. The minimum absolute atomic E-state index is 0.0648. The second-order valence-electron chi connectivity index (χ2n) is 3.47. The quantitative estimate of drug-likeness (QED) is 0.713. The molecule has 0 fully saturated rings. The predicted octanol–water partition coefficient (Wildman–Crippen LogP) is 0.804. The third-order valence-electron chi connectivity index (χ3n) is 2.57. The van der Waals surface area contributed by atoms with Gasteiger partial charge in [-0.2, -0.15) is 0 Å². The second kappa shape index (κ2) is 3.36. The Morgan fingerprint density at radius 1 is 1.19 bits per heavy atom. The molecule has 1 heterocycles. The number of hydrogen-bond acceptors (Lipinski definition) is 3. The molecule has 0 saturated heterocycles. The van der Waals surface area contributed by atoms with Crippen molar-refractivity contribution in [1.29, 1.82) is 0 Å². The molecule has 0 bridgehead atoms. The van der Waals surface area contributed by atoms with Crippen LogP contribution in [-0.2, 0) is 23.1 Å². The molecule has 2 aromatic rings. The van der Waals surface area contributed by atoms with E-state index in [1.807, 2.05) is 0 Å². The highest BCUT2D eigenvalue weighted by Crippen LogP contribution is 2.19. The first-order valence-corrected chi connectivity index (χ1v) is 6.73. The summed E-state index contributed by atoms with van der Waals surface area (Å²) >= 11 is 0. The van der Waals surface area contributed by atoms with E-state index in [2.05, 4.69) is 0 Å². The van der Waals surface area contributed by atoms with Crippen LogP contribution in [0.2, 0.25) is 0 Å². The van der Waals surface area contributed by atoms with Crippen LogP contribution in [0.15, 0.2) is 27.9 Å². The van der Waals surface area contributed by atoms with Gasteiger partial charge in [-0.1, -0.05) is 0 Å². The lowest BCUT2D eigenvalue weighted by Gasteiger charge is -1.99. The van der Waals surface area contributed by atoms with Gasteiger partial charge in [0.2, 0.25) is 0 Å². The number of aryl methyl sites for hydroxylation is 1. The molecular weight excluding hydrogens is 252 g/mol. The largest absolute Gasteiger partial charge is 0.285 e. The Balaban J connectivity index is 2.93. The fourth-order valence-corrected chi connectivity index (χ4v) is 2.37. The van der Waals surface area contributed by atoms with E-state index < -0.39 is 9.05 Å². The molecule has 16 heavy (non-hydrogen) atoms. The van der Waals surface area contributed by atoms with E-state index in [-0.39, 0.29) is 10.5 Å². The number of rotatable bonds is 1. The van der Waals surface area contributed by atoms with Crippen LogP contribution in [0, 0.1) is 0 Å². The van der Waals surface area contributed by atoms with Crippen molar-refractivity contribution in [3.05, 3.63) is 28.6 Å². The maximum Gasteiger partial charge on any atom is 0.274 e. The van der Waals surface area contributed by atoms with Gasteiger partial charge in [0.25, 0.3) is 14.6 Å². The first-order chi connectivity index (χ1) is 7.32. The standard InChI is InChI=1S/C9H9ClN2O3S/c1-11-8-4-3-6(16(10,14)15)5-7(8)9(13)12(11)2/h3-5H,1-2H3. The van der Waals surface area contributed by atoms with Crippen molar-refractivity contribution < 1.29 is 8.42 Å². The number of benzene rings is 1. The number of halogens is 1. The summed E-state index contributed by atoms with van der Waals surface area (Å²) in [6.45, 7) is 0. The van der Waals surface area contributed by atoms with E-state index >= 15 is 0 Å². The van der Waals surface area contributed by atoms with Crippen LogP contribution < -0.4 is 5.56 Å². The first-order valence-electron chi connectivity index (χ1n) is 4.43. The summed E-state index contributed by atoms with van der Waals surface area (Å²) in [5.74, 6) is 0. The highest BCUT2D eigenvalue weighted by Gasteiger charge is 2.14. The number of fused-ring (bicyclic) bond motifs is 1. The van der Waals surface area contributed by atoms with Gasteiger partial charge in [-0.05, 0) is 18.2 Å². The van der Waals surface area contributed by atoms with Gasteiger partial charge < -0.3 is 0 Å². The van der Waals surface area contributed by atoms with Crippen LogP contribution in [0.1, 0.15) is 0 Å². The first kappa shape index (κ1) is 11.2. The van der Waals surface area contributed by atoms with Crippen molar-refractivity contribution in [3.8, 4) is 0 Å². The fraction of sp³-hybridized carbons (Fsp3) is 0.222. The smallest absolute Gasteiger partial charge is 0.274 e. The molecule has 86 valence electrons. The molecule has 1 aromatic carbocycles. The molecule has 0 spiro atoms. The molecule has 0 radical (unpaired) electrons. The summed E-state index contributed by atoms with van der Waals surface area (Å²) in [5.41, 5.74) is 0.413. The van der Waals surface area contributed by atoms with E-state index in [1.165, 1.54) is 16.8 Å². The summed E-state index contributed by atoms with van der Waals surface area (Å²) < 4.78 is 25.3. The zero-order valence-electron chi connectivity index (χ0n) is 8.64. The van der Waals surface area contributed by atoms with Crippen molar-refractivity contribution >= 4 is 30.6 Å². The van der Waals surface area contributed by atoms with Gasteiger partial charge in [0.05, 0.1) is 15.8 Å². The van der Waals surface area contributed by atoms with Gasteiger partial charge >= 0.3 is 0 Å². The maximum absolute atomic E-state index is 11.7. The minimum Gasteiger partial charge on any atom is -0.285 e. The minimum atomic E-state index is -3.80. The lowest BCUT2D eigenvalue weighted by Crippen LogP contribution is -2.16. The van der Waals surface area contributed by atoms with Crippen LogP contribution in [0.3, 0.4) is 0 Å². The highest BCUT2D eigenvalue weighted by atomic mass is 35.7. The Labute approximate surface area is 96.3 Å². The number of nitrogens with zero attached hydrogens (tertiary/aromatic N) is 2. The van der Waals surface area contributed by atoms with E-state index in [4.69, 9.17) is 10.7 Å².